The van der Waals surface area contributed by atoms with Crippen molar-refractivity contribution < 1.29 is 0 Å². The monoisotopic (exact) mass is 694 g/mol. The molecule has 1 unspecified atom stereocenters. The van der Waals surface area contributed by atoms with Crippen LogP contribution in [0, 0.1) is 0 Å². The smallest absolute Gasteiger partial charge is 0.209 e. The number of nitrogens with zero attached hydrogens (tertiary/aromatic N) is 3. The molecule has 8 aromatic carbocycles. The van der Waals surface area contributed by atoms with Gasteiger partial charge in [0.05, 0.1) is 33.8 Å². The number of fused-ring (bicyclic) bond motifs is 11. The number of hydrogen-bond acceptors (Lipinski definition) is 3. The van der Waals surface area contributed by atoms with Crippen molar-refractivity contribution in [3.63, 3.8) is 0 Å². The minimum absolute atomic E-state index is 0.105. The van der Waals surface area contributed by atoms with Crippen LogP contribution in [0.25, 0.3) is 80.2 Å². The van der Waals surface area contributed by atoms with Crippen LogP contribution in [-0.4, -0.2) is 15.1 Å². The highest BCUT2D eigenvalue weighted by Crippen LogP contribution is 2.44. The molecule has 12 rings (SSSR count). The molecular weight excluding hydrogens is 665 g/mol. The van der Waals surface area contributed by atoms with Crippen molar-refractivity contribution in [3.05, 3.63) is 181 Å². The lowest BCUT2D eigenvalue weighted by molar-refractivity contribution is 0.737. The average Bonchev–Trinajstić information content (AvgIpc) is 3.86. The Morgan fingerprint density at radius 3 is 1.87 bits per heavy atom. The summed E-state index contributed by atoms with van der Waals surface area (Å²) in [6.07, 6.45) is 0. The molecule has 0 amide bonds. The summed E-state index contributed by atoms with van der Waals surface area (Å²) in [7, 11) is 0. The third-order valence-electron chi connectivity index (χ3n) is 11.1. The normalized spacial score (nSPS) is 14.5. The molecule has 11 aromatic rings. The Morgan fingerprint density at radius 2 is 1.08 bits per heavy atom. The van der Waals surface area contributed by atoms with Crippen LogP contribution in [0.15, 0.2) is 175 Å². The maximum Gasteiger partial charge on any atom is 0.209 e. The van der Waals surface area contributed by atoms with E-state index in [4.69, 9.17) is 4.99 Å². The topological polar surface area (TPSA) is 34.2 Å². The van der Waals surface area contributed by atoms with Gasteiger partial charge in [-0.05, 0) is 77.0 Å². The van der Waals surface area contributed by atoms with Crippen molar-refractivity contribution in [2.45, 2.75) is 6.04 Å². The third-order valence-corrected chi connectivity index (χ3v) is 12.3. The van der Waals surface area contributed by atoms with Crippen molar-refractivity contribution in [2.24, 2.45) is 4.99 Å². The first-order valence-electron chi connectivity index (χ1n) is 18.1. The van der Waals surface area contributed by atoms with Crippen LogP contribution in [0.2, 0.25) is 0 Å². The van der Waals surface area contributed by atoms with Crippen molar-refractivity contribution in [1.82, 2.24) is 14.5 Å². The molecule has 0 bridgehead atoms. The molecule has 0 spiro atoms. The van der Waals surface area contributed by atoms with Gasteiger partial charge in [-0.3, -0.25) is 4.57 Å². The molecule has 5 heteroatoms. The number of aliphatic imine (C=N–C) groups is 1. The lowest BCUT2D eigenvalue weighted by Gasteiger charge is -2.29. The largest absolute Gasteiger partial charge is 0.344 e. The zero-order valence-corrected chi connectivity index (χ0v) is 29.3. The highest BCUT2D eigenvalue weighted by atomic mass is 32.1. The molecule has 1 N–H and O–H groups in total. The number of aromatic nitrogens is 2. The number of rotatable bonds is 2. The molecule has 1 atom stereocenters. The second kappa shape index (κ2) is 10.9. The summed E-state index contributed by atoms with van der Waals surface area (Å²) in [5.74, 6) is 0.827. The summed E-state index contributed by atoms with van der Waals surface area (Å²) >= 11 is 1.88. The van der Waals surface area contributed by atoms with Crippen LogP contribution in [0.1, 0.15) is 17.2 Å². The van der Waals surface area contributed by atoms with E-state index in [1.165, 1.54) is 74.6 Å². The molecule has 0 saturated carbocycles. The molecular formula is C48H30N4S. The van der Waals surface area contributed by atoms with Gasteiger partial charge in [0, 0.05) is 53.0 Å². The Morgan fingerprint density at radius 1 is 0.453 bits per heavy atom. The molecule has 1 aliphatic heterocycles. The first kappa shape index (κ1) is 28.9. The van der Waals surface area contributed by atoms with Crippen LogP contribution < -0.4 is 5.32 Å². The Labute approximate surface area is 308 Å². The van der Waals surface area contributed by atoms with E-state index >= 15 is 0 Å². The first-order valence-corrected chi connectivity index (χ1v) is 18.9. The van der Waals surface area contributed by atoms with E-state index in [2.05, 4.69) is 184 Å². The van der Waals surface area contributed by atoms with E-state index in [1.54, 1.807) is 0 Å². The van der Waals surface area contributed by atoms with Crippen molar-refractivity contribution in [1.29, 1.82) is 0 Å². The third kappa shape index (κ3) is 4.14. The SMILES string of the molecule is c1ccc(-n2c3ccccc3c3cc4c(cc32)c2ccccc2n4C2=Nc3ccccc3C(c3cccc4sc5cc6ccccc6cc5c34)N2)cc1. The molecule has 0 aliphatic carbocycles. The lowest BCUT2D eigenvalue weighted by Crippen LogP contribution is -2.36. The molecule has 4 nitrogen and oxygen atoms in total. The van der Waals surface area contributed by atoms with E-state index in [0.717, 1.165) is 28.4 Å². The fourth-order valence-electron chi connectivity index (χ4n) is 8.84. The maximum atomic E-state index is 5.40. The minimum atomic E-state index is -0.105. The standard InChI is InChI=1S/C48H30N4S/c1-2-15-31(16-3-1)51-40-22-10-7-17-32(40)36-28-43-37(27-42(36)51)33-18-8-11-23-41(33)52(43)48-49-39-21-9-6-19-34(39)47(50-48)35-20-12-24-44-46(35)38-25-29-13-4-5-14-30(29)26-45(38)53-44/h1-28,47H,(H,49,50). The summed E-state index contributed by atoms with van der Waals surface area (Å²) < 4.78 is 7.35. The summed E-state index contributed by atoms with van der Waals surface area (Å²) in [6.45, 7) is 0. The second-order valence-corrected chi connectivity index (χ2v) is 15.1. The van der Waals surface area contributed by atoms with Gasteiger partial charge in [0.1, 0.15) is 0 Å². The summed E-state index contributed by atoms with van der Waals surface area (Å²) in [5, 5.41) is 14.0. The highest BCUT2D eigenvalue weighted by Gasteiger charge is 2.29. The summed E-state index contributed by atoms with van der Waals surface area (Å²) in [6, 6.07) is 61.6. The Bertz CT molecular complexity index is 3330. The Hall–Kier alpha value is -6.69. The zero-order chi connectivity index (χ0) is 34.6. The average molecular weight is 695 g/mol. The summed E-state index contributed by atoms with van der Waals surface area (Å²) in [5.41, 5.74) is 9.23. The minimum Gasteiger partial charge on any atom is -0.344 e. The van der Waals surface area contributed by atoms with Gasteiger partial charge in [0.25, 0.3) is 0 Å². The van der Waals surface area contributed by atoms with Gasteiger partial charge in [-0.25, -0.2) is 4.99 Å². The van der Waals surface area contributed by atoms with Crippen LogP contribution >= 0.6 is 11.3 Å². The zero-order valence-electron chi connectivity index (χ0n) is 28.5. The molecule has 4 heterocycles. The first-order chi connectivity index (χ1) is 26.3. The van der Waals surface area contributed by atoms with Gasteiger partial charge in [0.2, 0.25) is 5.96 Å². The Kier molecular flexibility index (Phi) is 5.96. The predicted octanol–water partition coefficient (Wildman–Crippen LogP) is 12.6. The van der Waals surface area contributed by atoms with Gasteiger partial charge in [-0.2, -0.15) is 0 Å². The molecule has 0 radical (unpaired) electrons. The highest BCUT2D eigenvalue weighted by molar-refractivity contribution is 7.26. The fraction of sp³-hybridized carbons (Fsp3) is 0.0208. The van der Waals surface area contributed by atoms with Gasteiger partial charge in [-0.1, -0.05) is 109 Å². The van der Waals surface area contributed by atoms with E-state index in [9.17, 15) is 0 Å². The molecule has 0 saturated heterocycles. The Balaban J connectivity index is 1.12. The van der Waals surface area contributed by atoms with Crippen LogP contribution in [0.3, 0.4) is 0 Å². The van der Waals surface area contributed by atoms with E-state index in [0.29, 0.717) is 0 Å². The second-order valence-electron chi connectivity index (χ2n) is 14.0. The quantitative estimate of drug-likeness (QED) is 0.192. The van der Waals surface area contributed by atoms with Gasteiger partial charge >= 0.3 is 0 Å². The fourth-order valence-corrected chi connectivity index (χ4v) is 10.0. The molecule has 0 fully saturated rings. The number of para-hydroxylation sites is 4. The van der Waals surface area contributed by atoms with E-state index in [1.807, 2.05) is 11.3 Å². The molecule has 1 aliphatic rings. The van der Waals surface area contributed by atoms with Gasteiger partial charge in [0.15, 0.2) is 0 Å². The van der Waals surface area contributed by atoms with Crippen molar-refractivity contribution >= 4 is 97.5 Å². The molecule has 248 valence electrons. The summed E-state index contributed by atoms with van der Waals surface area (Å²) in [4.78, 5) is 5.40. The molecule has 3 aromatic heterocycles. The number of benzene rings is 8. The van der Waals surface area contributed by atoms with Crippen LogP contribution in [0.4, 0.5) is 5.69 Å². The van der Waals surface area contributed by atoms with Gasteiger partial charge < -0.3 is 9.88 Å². The van der Waals surface area contributed by atoms with Crippen LogP contribution in [-0.2, 0) is 0 Å². The van der Waals surface area contributed by atoms with E-state index in [-0.39, 0.29) is 6.04 Å². The van der Waals surface area contributed by atoms with Crippen LogP contribution in [0.5, 0.6) is 0 Å². The van der Waals surface area contributed by atoms with E-state index < -0.39 is 0 Å². The van der Waals surface area contributed by atoms with Crippen molar-refractivity contribution in [2.75, 3.05) is 0 Å². The lowest BCUT2D eigenvalue weighted by atomic mass is 9.92. The molecule has 53 heavy (non-hydrogen) atoms. The van der Waals surface area contributed by atoms with Gasteiger partial charge in [-0.15, -0.1) is 11.3 Å². The van der Waals surface area contributed by atoms with Crippen molar-refractivity contribution in [3.8, 4) is 5.69 Å². The maximum absolute atomic E-state index is 5.40. The number of nitrogens with one attached hydrogen (secondary N) is 1. The number of hydrogen-bond donors (Lipinski definition) is 1. The number of thiophene rings is 1. The predicted molar refractivity (Wildman–Crippen MR) is 225 cm³/mol.